The Morgan fingerprint density at radius 2 is 1.74 bits per heavy atom. The summed E-state index contributed by atoms with van der Waals surface area (Å²) >= 11 is 0.780. The van der Waals surface area contributed by atoms with Crippen molar-refractivity contribution < 1.29 is 22.4 Å². The third-order valence-corrected chi connectivity index (χ3v) is 7.09. The van der Waals surface area contributed by atoms with Crippen molar-refractivity contribution in [1.29, 1.82) is 0 Å². The minimum atomic E-state index is -4.35. The fraction of sp³-hybridized carbons (Fsp3) is 0.348. The van der Waals surface area contributed by atoms with Gasteiger partial charge in [0.05, 0.1) is 10.4 Å². The van der Waals surface area contributed by atoms with Gasteiger partial charge in [0.2, 0.25) is 0 Å². The van der Waals surface area contributed by atoms with Crippen molar-refractivity contribution in [3.8, 4) is 0 Å². The van der Waals surface area contributed by atoms with Gasteiger partial charge in [-0.05, 0) is 67.5 Å². The first-order chi connectivity index (χ1) is 14.7. The summed E-state index contributed by atoms with van der Waals surface area (Å²) in [4.78, 5) is 13.8. The monoisotopic (exact) mass is 450 g/mol. The molecule has 1 fully saturated rings. The minimum absolute atomic E-state index is 0.0246. The zero-order valence-electron chi connectivity index (χ0n) is 16.9. The third-order valence-electron chi connectivity index (χ3n) is 5.87. The van der Waals surface area contributed by atoms with E-state index in [4.69, 9.17) is 0 Å². The van der Waals surface area contributed by atoms with Crippen LogP contribution in [-0.2, 0) is 6.18 Å². The number of carbonyl (C=O) groups is 1. The Bertz CT molecular complexity index is 1070. The van der Waals surface area contributed by atoms with E-state index in [1.807, 2.05) is 13.1 Å². The van der Waals surface area contributed by atoms with E-state index in [9.17, 15) is 22.4 Å². The maximum Gasteiger partial charge on any atom is 0.425 e. The van der Waals surface area contributed by atoms with E-state index in [0.29, 0.717) is 15.6 Å². The zero-order chi connectivity index (χ0) is 22.2. The molecule has 2 aromatic carbocycles. The van der Waals surface area contributed by atoms with E-state index in [-0.39, 0.29) is 23.8 Å². The number of nitrogens with one attached hydrogen (secondary N) is 1. The van der Waals surface area contributed by atoms with E-state index in [2.05, 4.69) is 10.2 Å². The highest BCUT2D eigenvalue weighted by atomic mass is 32.1. The van der Waals surface area contributed by atoms with Crippen LogP contribution in [0.15, 0.2) is 48.5 Å². The highest BCUT2D eigenvalue weighted by Gasteiger charge is 2.33. The molecule has 1 aliphatic rings. The predicted molar refractivity (Wildman–Crippen MR) is 115 cm³/mol. The van der Waals surface area contributed by atoms with Gasteiger partial charge in [-0.3, -0.25) is 4.79 Å². The summed E-state index contributed by atoms with van der Waals surface area (Å²) in [5, 5.41) is 3.60. The van der Waals surface area contributed by atoms with E-state index in [1.54, 1.807) is 12.1 Å². The maximum atomic E-state index is 13.1. The zero-order valence-corrected chi connectivity index (χ0v) is 17.7. The SMILES string of the molecule is CN(c1cccc2cc(C(F)(F)F)sc12)C1CCC(NC(=O)c2ccc(F)cc2)CC1. The molecule has 31 heavy (non-hydrogen) atoms. The molecule has 3 nitrogen and oxygen atoms in total. The standard InChI is InChI=1S/C23H22F4N2OS/c1-29(19-4-2-3-15-13-20(23(25,26)27)31-21(15)19)18-11-9-17(10-12-18)28-22(30)14-5-7-16(24)8-6-14/h2-8,13,17-18H,9-12H2,1H3,(H,28,30). The summed E-state index contributed by atoms with van der Waals surface area (Å²) in [6.07, 6.45) is -1.16. The lowest BCUT2D eigenvalue weighted by Crippen LogP contribution is -2.42. The molecule has 0 spiro atoms. The molecule has 8 heteroatoms. The van der Waals surface area contributed by atoms with Crippen molar-refractivity contribution in [3.63, 3.8) is 0 Å². The number of anilines is 1. The first kappa shape index (κ1) is 21.6. The van der Waals surface area contributed by atoms with Crippen molar-refractivity contribution in [2.45, 2.75) is 43.9 Å². The average Bonchev–Trinajstić information content (AvgIpc) is 3.19. The molecule has 1 saturated carbocycles. The normalized spacial score (nSPS) is 19.4. The molecule has 0 bridgehead atoms. The van der Waals surface area contributed by atoms with Crippen molar-refractivity contribution in [2.75, 3.05) is 11.9 Å². The highest BCUT2D eigenvalue weighted by Crippen LogP contribution is 2.42. The van der Waals surface area contributed by atoms with Crippen molar-refractivity contribution in [3.05, 3.63) is 64.8 Å². The fourth-order valence-electron chi connectivity index (χ4n) is 4.14. The average molecular weight is 451 g/mol. The molecular weight excluding hydrogens is 428 g/mol. The lowest BCUT2D eigenvalue weighted by Gasteiger charge is -2.36. The predicted octanol–water partition coefficient (Wildman–Crippen LogP) is 6.24. The van der Waals surface area contributed by atoms with Gasteiger partial charge in [-0.15, -0.1) is 11.3 Å². The number of carbonyl (C=O) groups excluding carboxylic acids is 1. The number of nitrogens with zero attached hydrogens (tertiary/aromatic N) is 1. The van der Waals surface area contributed by atoms with Crippen LogP contribution in [0, 0.1) is 5.82 Å². The molecule has 0 atom stereocenters. The molecule has 0 radical (unpaired) electrons. The second kappa shape index (κ2) is 8.49. The van der Waals surface area contributed by atoms with Crippen LogP contribution in [0.25, 0.3) is 10.1 Å². The van der Waals surface area contributed by atoms with Crippen molar-refractivity contribution >= 4 is 33.0 Å². The summed E-state index contributed by atoms with van der Waals surface area (Å²) in [6, 6.07) is 12.2. The lowest BCUT2D eigenvalue weighted by molar-refractivity contribution is -0.134. The summed E-state index contributed by atoms with van der Waals surface area (Å²) in [5.41, 5.74) is 1.22. The van der Waals surface area contributed by atoms with E-state index in [0.717, 1.165) is 42.7 Å². The first-order valence-electron chi connectivity index (χ1n) is 10.1. The van der Waals surface area contributed by atoms with Crippen LogP contribution in [0.5, 0.6) is 0 Å². The number of benzene rings is 2. The summed E-state index contributed by atoms with van der Waals surface area (Å²) in [7, 11) is 1.92. The Morgan fingerprint density at radius 1 is 1.06 bits per heavy atom. The van der Waals surface area contributed by atoms with Crippen LogP contribution >= 0.6 is 11.3 Å². The Balaban J connectivity index is 1.41. The van der Waals surface area contributed by atoms with Crippen LogP contribution in [0.3, 0.4) is 0 Å². The van der Waals surface area contributed by atoms with Gasteiger partial charge < -0.3 is 10.2 Å². The summed E-state index contributed by atoms with van der Waals surface area (Å²) in [6.45, 7) is 0. The molecule has 1 heterocycles. The van der Waals surface area contributed by atoms with E-state index >= 15 is 0 Å². The number of amides is 1. The maximum absolute atomic E-state index is 13.1. The molecular formula is C23H22F4N2OS. The highest BCUT2D eigenvalue weighted by molar-refractivity contribution is 7.19. The minimum Gasteiger partial charge on any atom is -0.370 e. The smallest absolute Gasteiger partial charge is 0.370 e. The van der Waals surface area contributed by atoms with Crippen LogP contribution in [0.1, 0.15) is 40.9 Å². The van der Waals surface area contributed by atoms with Gasteiger partial charge in [-0.1, -0.05) is 12.1 Å². The Kier molecular flexibility index (Phi) is 5.92. The largest absolute Gasteiger partial charge is 0.425 e. The van der Waals surface area contributed by atoms with E-state index in [1.165, 1.54) is 30.3 Å². The van der Waals surface area contributed by atoms with E-state index < -0.39 is 11.1 Å². The number of halogens is 4. The molecule has 0 saturated heterocycles. The molecule has 1 aliphatic carbocycles. The Labute approximate surface area is 181 Å². The second-order valence-corrected chi connectivity index (χ2v) is 8.95. The molecule has 0 aliphatic heterocycles. The van der Waals surface area contributed by atoms with Gasteiger partial charge in [-0.2, -0.15) is 13.2 Å². The molecule has 1 N–H and O–H groups in total. The second-order valence-electron chi connectivity index (χ2n) is 7.90. The number of hydrogen-bond acceptors (Lipinski definition) is 3. The summed E-state index contributed by atoms with van der Waals surface area (Å²) < 4.78 is 53.1. The topological polar surface area (TPSA) is 32.3 Å². The van der Waals surface area contributed by atoms with Gasteiger partial charge in [0.15, 0.2) is 0 Å². The Morgan fingerprint density at radius 3 is 2.39 bits per heavy atom. The van der Waals surface area contributed by atoms with Gasteiger partial charge in [0.1, 0.15) is 10.7 Å². The quantitative estimate of drug-likeness (QED) is 0.478. The summed E-state index contributed by atoms with van der Waals surface area (Å²) in [5.74, 6) is -0.608. The van der Waals surface area contributed by atoms with Gasteiger partial charge >= 0.3 is 6.18 Å². The first-order valence-corrected chi connectivity index (χ1v) is 10.9. The number of fused-ring (bicyclic) bond motifs is 1. The molecule has 1 aromatic heterocycles. The number of rotatable bonds is 4. The van der Waals surface area contributed by atoms with Crippen LogP contribution in [0.2, 0.25) is 0 Å². The number of alkyl halides is 3. The van der Waals surface area contributed by atoms with Crippen LogP contribution in [-0.4, -0.2) is 25.0 Å². The van der Waals surface area contributed by atoms with Gasteiger partial charge in [0, 0.05) is 24.7 Å². The molecule has 1 amide bonds. The van der Waals surface area contributed by atoms with Crippen molar-refractivity contribution in [2.24, 2.45) is 0 Å². The third kappa shape index (κ3) is 4.69. The van der Waals surface area contributed by atoms with Crippen LogP contribution < -0.4 is 10.2 Å². The molecule has 4 rings (SSSR count). The van der Waals surface area contributed by atoms with Crippen LogP contribution in [0.4, 0.5) is 23.2 Å². The fourth-order valence-corrected chi connectivity index (χ4v) is 5.22. The Hall–Kier alpha value is -2.61. The molecule has 3 aromatic rings. The van der Waals surface area contributed by atoms with Crippen molar-refractivity contribution in [1.82, 2.24) is 5.32 Å². The molecule has 164 valence electrons. The lowest BCUT2D eigenvalue weighted by atomic mass is 9.90. The number of thiophene rings is 1. The number of hydrogen-bond donors (Lipinski definition) is 1. The molecule has 0 unspecified atom stereocenters. The van der Waals surface area contributed by atoms with Gasteiger partial charge in [-0.25, -0.2) is 4.39 Å². The van der Waals surface area contributed by atoms with Gasteiger partial charge in [0.25, 0.3) is 5.91 Å².